The second kappa shape index (κ2) is 5.09. The fourth-order valence-corrected chi connectivity index (χ4v) is 2.79. The van der Waals surface area contributed by atoms with Crippen LogP contribution >= 0.6 is 0 Å². The Bertz CT molecular complexity index is 732. The monoisotopic (exact) mass is 280 g/mol. The summed E-state index contributed by atoms with van der Waals surface area (Å²) in [5.41, 5.74) is 0.847. The van der Waals surface area contributed by atoms with Crippen molar-refractivity contribution >= 4 is 22.6 Å². The van der Waals surface area contributed by atoms with Gasteiger partial charge in [-0.05, 0) is 24.3 Å². The normalized spacial score (nSPS) is 15.6. The standard InChI is InChI=1S/C16H16N4O/c1-2-6-14-13(5-1)16(18-21-14)20-11-9-19(10-12-20)15-7-3-4-8-17-15/h1-8H,9-12H2. The highest BCUT2D eigenvalue weighted by Gasteiger charge is 2.21. The zero-order chi connectivity index (χ0) is 14.1. The van der Waals surface area contributed by atoms with Crippen molar-refractivity contribution in [2.45, 2.75) is 0 Å². The summed E-state index contributed by atoms with van der Waals surface area (Å²) in [4.78, 5) is 9.00. The average molecular weight is 280 g/mol. The van der Waals surface area contributed by atoms with E-state index in [1.54, 1.807) is 0 Å². The molecule has 5 heteroatoms. The lowest BCUT2D eigenvalue weighted by Gasteiger charge is -2.35. The van der Waals surface area contributed by atoms with E-state index in [4.69, 9.17) is 4.52 Å². The van der Waals surface area contributed by atoms with Crippen molar-refractivity contribution in [1.82, 2.24) is 10.1 Å². The van der Waals surface area contributed by atoms with Crippen LogP contribution in [0.2, 0.25) is 0 Å². The van der Waals surface area contributed by atoms with E-state index in [-0.39, 0.29) is 0 Å². The van der Waals surface area contributed by atoms with Gasteiger partial charge >= 0.3 is 0 Å². The van der Waals surface area contributed by atoms with Crippen LogP contribution in [0.25, 0.3) is 11.0 Å². The van der Waals surface area contributed by atoms with Gasteiger partial charge in [0, 0.05) is 32.4 Å². The van der Waals surface area contributed by atoms with Crippen LogP contribution in [0.15, 0.2) is 53.2 Å². The molecule has 0 aliphatic carbocycles. The van der Waals surface area contributed by atoms with Gasteiger partial charge in [0.15, 0.2) is 11.4 Å². The molecule has 21 heavy (non-hydrogen) atoms. The van der Waals surface area contributed by atoms with Gasteiger partial charge in [0.2, 0.25) is 0 Å². The Labute approximate surface area is 122 Å². The fraction of sp³-hybridized carbons (Fsp3) is 0.250. The molecule has 0 atom stereocenters. The first kappa shape index (κ1) is 12.2. The molecule has 3 heterocycles. The third-order valence-electron chi connectivity index (χ3n) is 3.91. The molecule has 3 aromatic rings. The molecule has 4 rings (SSSR count). The maximum atomic E-state index is 5.40. The zero-order valence-corrected chi connectivity index (χ0v) is 11.6. The van der Waals surface area contributed by atoms with Crippen molar-refractivity contribution in [1.29, 1.82) is 0 Å². The van der Waals surface area contributed by atoms with Crippen LogP contribution in [0, 0.1) is 0 Å². The summed E-state index contributed by atoms with van der Waals surface area (Å²) in [6.45, 7) is 3.73. The molecule has 0 N–H and O–H groups in total. The molecule has 0 saturated carbocycles. The van der Waals surface area contributed by atoms with E-state index in [1.165, 1.54) is 0 Å². The summed E-state index contributed by atoms with van der Waals surface area (Å²) in [6.07, 6.45) is 1.84. The van der Waals surface area contributed by atoms with Gasteiger partial charge in [-0.25, -0.2) is 4.98 Å². The van der Waals surface area contributed by atoms with E-state index in [0.29, 0.717) is 0 Å². The van der Waals surface area contributed by atoms with Gasteiger partial charge in [-0.3, -0.25) is 0 Å². The van der Waals surface area contributed by atoms with Gasteiger partial charge in [-0.2, -0.15) is 0 Å². The summed E-state index contributed by atoms with van der Waals surface area (Å²) >= 11 is 0. The van der Waals surface area contributed by atoms with Gasteiger partial charge < -0.3 is 14.3 Å². The molecule has 1 fully saturated rings. The predicted molar refractivity (Wildman–Crippen MR) is 82.7 cm³/mol. The van der Waals surface area contributed by atoms with Crippen LogP contribution in [0.4, 0.5) is 11.6 Å². The van der Waals surface area contributed by atoms with E-state index < -0.39 is 0 Å². The summed E-state index contributed by atoms with van der Waals surface area (Å²) in [5, 5.41) is 5.32. The predicted octanol–water partition coefficient (Wildman–Crippen LogP) is 2.55. The number of hydrogen-bond donors (Lipinski definition) is 0. The molecular formula is C16H16N4O. The lowest BCUT2D eigenvalue weighted by molar-refractivity contribution is 0.452. The highest BCUT2D eigenvalue weighted by Crippen LogP contribution is 2.27. The first-order valence-electron chi connectivity index (χ1n) is 7.17. The Balaban J connectivity index is 1.53. The number of hydrogen-bond acceptors (Lipinski definition) is 5. The van der Waals surface area contributed by atoms with Crippen molar-refractivity contribution in [2.75, 3.05) is 36.0 Å². The molecule has 1 saturated heterocycles. The Morgan fingerprint density at radius 1 is 0.857 bits per heavy atom. The molecule has 1 aliphatic rings. The molecule has 0 unspecified atom stereocenters. The molecule has 5 nitrogen and oxygen atoms in total. The SMILES string of the molecule is c1ccc(N2CCN(c3noc4ccccc34)CC2)nc1. The number of aromatic nitrogens is 2. The third-order valence-corrected chi connectivity index (χ3v) is 3.91. The van der Waals surface area contributed by atoms with E-state index in [2.05, 4.69) is 32.1 Å². The number of fused-ring (bicyclic) bond motifs is 1. The highest BCUT2D eigenvalue weighted by molar-refractivity contribution is 5.88. The van der Waals surface area contributed by atoms with E-state index in [9.17, 15) is 0 Å². The topological polar surface area (TPSA) is 45.4 Å². The zero-order valence-electron chi connectivity index (χ0n) is 11.6. The van der Waals surface area contributed by atoms with E-state index >= 15 is 0 Å². The number of rotatable bonds is 2. The lowest BCUT2D eigenvalue weighted by Crippen LogP contribution is -2.47. The van der Waals surface area contributed by atoms with E-state index in [1.807, 2.05) is 36.5 Å². The van der Waals surface area contributed by atoms with Crippen LogP contribution in [0.5, 0.6) is 0 Å². The molecule has 0 amide bonds. The molecule has 0 radical (unpaired) electrons. The van der Waals surface area contributed by atoms with Crippen molar-refractivity contribution in [2.24, 2.45) is 0 Å². The van der Waals surface area contributed by atoms with Crippen LogP contribution in [0.1, 0.15) is 0 Å². The van der Waals surface area contributed by atoms with Crippen LogP contribution in [-0.2, 0) is 0 Å². The first-order chi connectivity index (χ1) is 10.4. The minimum atomic E-state index is 0.847. The number of benzene rings is 1. The molecule has 0 bridgehead atoms. The van der Waals surface area contributed by atoms with Crippen molar-refractivity contribution in [3.8, 4) is 0 Å². The average Bonchev–Trinajstić information content (AvgIpc) is 3.00. The molecule has 0 spiro atoms. The Morgan fingerprint density at radius 3 is 2.43 bits per heavy atom. The molecule has 1 aliphatic heterocycles. The van der Waals surface area contributed by atoms with Gasteiger partial charge in [0.05, 0.1) is 5.39 Å². The first-order valence-corrected chi connectivity index (χ1v) is 7.17. The number of pyridine rings is 1. The summed E-state index contributed by atoms with van der Waals surface area (Å²) < 4.78 is 5.40. The molecule has 2 aromatic heterocycles. The summed E-state index contributed by atoms with van der Waals surface area (Å²) in [7, 11) is 0. The van der Waals surface area contributed by atoms with Gasteiger partial charge in [0.25, 0.3) is 0 Å². The lowest BCUT2D eigenvalue weighted by atomic mass is 10.2. The molecular weight excluding hydrogens is 264 g/mol. The maximum absolute atomic E-state index is 5.40. The van der Waals surface area contributed by atoms with Crippen molar-refractivity contribution < 1.29 is 4.52 Å². The smallest absolute Gasteiger partial charge is 0.180 e. The molecule has 106 valence electrons. The van der Waals surface area contributed by atoms with Gasteiger partial charge in [-0.1, -0.05) is 23.4 Å². The quantitative estimate of drug-likeness (QED) is 0.722. The van der Waals surface area contributed by atoms with Crippen molar-refractivity contribution in [3.05, 3.63) is 48.7 Å². The second-order valence-corrected chi connectivity index (χ2v) is 5.16. The number of piperazine rings is 1. The Hall–Kier alpha value is -2.56. The van der Waals surface area contributed by atoms with Gasteiger partial charge in [-0.15, -0.1) is 0 Å². The fourth-order valence-electron chi connectivity index (χ4n) is 2.79. The number of nitrogens with zero attached hydrogens (tertiary/aromatic N) is 4. The number of para-hydroxylation sites is 1. The summed E-state index contributed by atoms with van der Waals surface area (Å²) in [6, 6.07) is 14.0. The Kier molecular flexibility index (Phi) is 2.96. The van der Waals surface area contributed by atoms with Gasteiger partial charge in [0.1, 0.15) is 5.82 Å². The minimum absolute atomic E-state index is 0.847. The second-order valence-electron chi connectivity index (χ2n) is 5.16. The Morgan fingerprint density at radius 2 is 1.62 bits per heavy atom. The minimum Gasteiger partial charge on any atom is -0.354 e. The van der Waals surface area contributed by atoms with Crippen LogP contribution < -0.4 is 9.80 Å². The summed E-state index contributed by atoms with van der Waals surface area (Å²) in [5.74, 6) is 1.99. The maximum Gasteiger partial charge on any atom is 0.180 e. The van der Waals surface area contributed by atoms with Crippen LogP contribution in [0.3, 0.4) is 0 Å². The largest absolute Gasteiger partial charge is 0.354 e. The number of anilines is 2. The van der Waals surface area contributed by atoms with Crippen LogP contribution in [-0.4, -0.2) is 36.3 Å². The highest BCUT2D eigenvalue weighted by atomic mass is 16.5. The van der Waals surface area contributed by atoms with Crippen molar-refractivity contribution in [3.63, 3.8) is 0 Å². The molecule has 1 aromatic carbocycles. The third kappa shape index (κ3) is 2.20. The van der Waals surface area contributed by atoms with E-state index in [0.717, 1.165) is 48.8 Å².